The largest absolute Gasteiger partial charge is 0.103 e. The summed E-state index contributed by atoms with van der Waals surface area (Å²) < 4.78 is 0. The number of rotatable bonds is 4. The molecule has 0 aliphatic rings. The van der Waals surface area contributed by atoms with Crippen LogP contribution < -0.4 is 0 Å². The van der Waals surface area contributed by atoms with Gasteiger partial charge in [-0.25, -0.2) is 0 Å². The van der Waals surface area contributed by atoms with E-state index in [1.807, 2.05) is 6.08 Å². The Kier molecular flexibility index (Phi) is 6.08. The molecule has 0 aromatic rings. The first-order valence-electron chi connectivity index (χ1n) is 4.26. The van der Waals surface area contributed by atoms with Gasteiger partial charge in [-0.05, 0) is 27.2 Å². The molecule has 0 aromatic carbocycles. The Balaban J connectivity index is 3.98. The van der Waals surface area contributed by atoms with Crippen molar-refractivity contribution in [3.8, 4) is 0 Å². The SMILES string of the molecule is C=CCC=C(C)C=CC=C(C)C. The van der Waals surface area contributed by atoms with Crippen LogP contribution in [-0.2, 0) is 0 Å². The van der Waals surface area contributed by atoms with Crippen LogP contribution in [-0.4, -0.2) is 0 Å². The molecule has 0 fully saturated rings. The van der Waals surface area contributed by atoms with Crippen molar-refractivity contribution in [1.82, 2.24) is 0 Å². The lowest BCUT2D eigenvalue weighted by molar-refractivity contribution is 1.33. The molecule has 0 rings (SSSR count). The molecule has 0 nitrogen and oxygen atoms in total. The fourth-order valence-corrected chi connectivity index (χ4v) is 0.730. The molecular formula is C12H18. The van der Waals surface area contributed by atoms with Gasteiger partial charge < -0.3 is 0 Å². The normalized spacial score (nSPS) is 11.8. The Morgan fingerprint density at radius 1 is 1.25 bits per heavy atom. The van der Waals surface area contributed by atoms with Gasteiger partial charge in [0.2, 0.25) is 0 Å². The highest BCUT2D eigenvalue weighted by Gasteiger charge is 1.78. The Labute approximate surface area is 76.0 Å². The number of allylic oxidation sites excluding steroid dienone is 7. The Morgan fingerprint density at radius 2 is 1.92 bits per heavy atom. The maximum Gasteiger partial charge on any atom is -0.0166 e. The van der Waals surface area contributed by atoms with Crippen LogP contribution in [0.3, 0.4) is 0 Å². The molecule has 0 radical (unpaired) electrons. The van der Waals surface area contributed by atoms with E-state index in [-0.39, 0.29) is 0 Å². The quantitative estimate of drug-likeness (QED) is 0.432. The molecule has 0 saturated heterocycles. The van der Waals surface area contributed by atoms with Crippen LogP contribution in [0, 0.1) is 0 Å². The van der Waals surface area contributed by atoms with Crippen LogP contribution in [0.15, 0.2) is 48.1 Å². The zero-order valence-corrected chi connectivity index (χ0v) is 8.30. The highest BCUT2D eigenvalue weighted by molar-refractivity contribution is 5.21. The summed E-state index contributed by atoms with van der Waals surface area (Å²) >= 11 is 0. The van der Waals surface area contributed by atoms with Crippen LogP contribution in [0.5, 0.6) is 0 Å². The molecule has 0 atom stereocenters. The Morgan fingerprint density at radius 3 is 2.42 bits per heavy atom. The lowest BCUT2D eigenvalue weighted by Crippen LogP contribution is -1.67. The molecule has 0 spiro atoms. The summed E-state index contributed by atoms with van der Waals surface area (Å²) in [4.78, 5) is 0. The molecule has 0 aliphatic carbocycles. The predicted molar refractivity (Wildman–Crippen MR) is 57.1 cm³/mol. The van der Waals surface area contributed by atoms with E-state index in [0.29, 0.717) is 0 Å². The van der Waals surface area contributed by atoms with Gasteiger partial charge in [-0.3, -0.25) is 0 Å². The minimum atomic E-state index is 0.949. The van der Waals surface area contributed by atoms with Gasteiger partial charge in [-0.1, -0.05) is 41.5 Å². The van der Waals surface area contributed by atoms with E-state index in [1.54, 1.807) is 0 Å². The van der Waals surface area contributed by atoms with E-state index >= 15 is 0 Å². The van der Waals surface area contributed by atoms with Crippen molar-refractivity contribution in [2.45, 2.75) is 27.2 Å². The summed E-state index contributed by atoms with van der Waals surface area (Å²) in [5.41, 5.74) is 2.61. The van der Waals surface area contributed by atoms with Gasteiger partial charge in [0.05, 0.1) is 0 Å². The van der Waals surface area contributed by atoms with Crippen molar-refractivity contribution in [3.63, 3.8) is 0 Å². The van der Waals surface area contributed by atoms with E-state index in [2.05, 4.69) is 51.7 Å². The van der Waals surface area contributed by atoms with E-state index in [4.69, 9.17) is 0 Å². The summed E-state index contributed by atoms with van der Waals surface area (Å²) in [5.74, 6) is 0. The van der Waals surface area contributed by atoms with Crippen molar-refractivity contribution in [2.24, 2.45) is 0 Å². The third-order valence-corrected chi connectivity index (χ3v) is 1.40. The third-order valence-electron chi connectivity index (χ3n) is 1.40. The fraction of sp³-hybridized carbons (Fsp3) is 0.333. The van der Waals surface area contributed by atoms with Gasteiger partial charge in [0.25, 0.3) is 0 Å². The lowest BCUT2D eigenvalue weighted by Gasteiger charge is -1.88. The summed E-state index contributed by atoms with van der Waals surface area (Å²) in [6, 6.07) is 0. The van der Waals surface area contributed by atoms with Crippen molar-refractivity contribution in [3.05, 3.63) is 48.1 Å². The maximum atomic E-state index is 3.66. The van der Waals surface area contributed by atoms with Crippen molar-refractivity contribution in [2.75, 3.05) is 0 Å². The monoisotopic (exact) mass is 162 g/mol. The van der Waals surface area contributed by atoms with Crippen LogP contribution in [0.2, 0.25) is 0 Å². The summed E-state index contributed by atoms with van der Waals surface area (Å²) in [5, 5.41) is 0. The van der Waals surface area contributed by atoms with Crippen LogP contribution in [0.1, 0.15) is 27.2 Å². The fourth-order valence-electron chi connectivity index (χ4n) is 0.730. The first kappa shape index (κ1) is 11.0. The van der Waals surface area contributed by atoms with E-state index < -0.39 is 0 Å². The first-order valence-corrected chi connectivity index (χ1v) is 4.26. The van der Waals surface area contributed by atoms with Gasteiger partial charge in [0, 0.05) is 0 Å². The maximum absolute atomic E-state index is 3.66. The average Bonchev–Trinajstić information content (AvgIpc) is 2.00. The topological polar surface area (TPSA) is 0 Å². The molecular weight excluding hydrogens is 144 g/mol. The van der Waals surface area contributed by atoms with Gasteiger partial charge in [-0.2, -0.15) is 0 Å². The van der Waals surface area contributed by atoms with Crippen LogP contribution >= 0.6 is 0 Å². The molecule has 0 aliphatic heterocycles. The second-order valence-corrected chi connectivity index (χ2v) is 3.08. The van der Waals surface area contributed by atoms with Crippen molar-refractivity contribution >= 4 is 0 Å². The van der Waals surface area contributed by atoms with E-state index in [9.17, 15) is 0 Å². The number of hydrogen-bond donors (Lipinski definition) is 0. The van der Waals surface area contributed by atoms with Gasteiger partial charge >= 0.3 is 0 Å². The highest BCUT2D eigenvalue weighted by Crippen LogP contribution is 1.99. The molecule has 12 heavy (non-hydrogen) atoms. The summed E-state index contributed by atoms with van der Waals surface area (Å²) in [7, 11) is 0. The molecule has 0 unspecified atom stereocenters. The van der Waals surface area contributed by atoms with Crippen molar-refractivity contribution in [1.29, 1.82) is 0 Å². The molecule has 0 heterocycles. The second kappa shape index (κ2) is 6.66. The molecule has 66 valence electrons. The first-order chi connectivity index (χ1) is 5.66. The third kappa shape index (κ3) is 7.07. The zero-order chi connectivity index (χ0) is 9.40. The summed E-state index contributed by atoms with van der Waals surface area (Å²) in [6.07, 6.45) is 11.3. The number of hydrogen-bond acceptors (Lipinski definition) is 0. The van der Waals surface area contributed by atoms with E-state index in [0.717, 1.165) is 6.42 Å². The minimum Gasteiger partial charge on any atom is -0.103 e. The standard InChI is InChI=1S/C12H18/c1-5-6-9-12(4)10-7-8-11(2)3/h5,7-10H,1,6H2,2-4H3. The molecule has 0 N–H and O–H groups in total. The lowest BCUT2D eigenvalue weighted by atomic mass is 10.2. The predicted octanol–water partition coefficient (Wildman–Crippen LogP) is 4.03. The summed E-state index contributed by atoms with van der Waals surface area (Å²) in [6.45, 7) is 9.94. The van der Waals surface area contributed by atoms with Gasteiger partial charge in [0.15, 0.2) is 0 Å². The van der Waals surface area contributed by atoms with E-state index in [1.165, 1.54) is 11.1 Å². The van der Waals surface area contributed by atoms with Gasteiger partial charge in [0.1, 0.15) is 0 Å². The smallest absolute Gasteiger partial charge is 0.0166 e. The second-order valence-electron chi connectivity index (χ2n) is 3.08. The molecule has 0 bridgehead atoms. The highest BCUT2D eigenvalue weighted by atomic mass is 13.8. The molecule has 0 amide bonds. The molecule has 0 saturated carbocycles. The Hall–Kier alpha value is -1.04. The van der Waals surface area contributed by atoms with Crippen LogP contribution in [0.25, 0.3) is 0 Å². The minimum absolute atomic E-state index is 0.949. The van der Waals surface area contributed by atoms with Crippen molar-refractivity contribution < 1.29 is 0 Å². The Bertz CT molecular complexity index is 210. The average molecular weight is 162 g/mol. The molecule has 0 heteroatoms. The molecule has 0 aromatic heterocycles. The zero-order valence-electron chi connectivity index (χ0n) is 8.30. The van der Waals surface area contributed by atoms with Crippen LogP contribution in [0.4, 0.5) is 0 Å². The van der Waals surface area contributed by atoms with Gasteiger partial charge in [-0.15, -0.1) is 6.58 Å².